The molecule has 1 rings (SSSR count). The van der Waals surface area contributed by atoms with Crippen molar-refractivity contribution in [2.75, 3.05) is 0 Å². The summed E-state index contributed by atoms with van der Waals surface area (Å²) >= 11 is 5.93. The zero-order valence-corrected chi connectivity index (χ0v) is 9.47. The van der Waals surface area contributed by atoms with E-state index < -0.39 is 0 Å². The molecule has 0 fully saturated rings. The third-order valence-electron chi connectivity index (χ3n) is 2.27. The molecule has 1 aromatic carbocycles. The lowest BCUT2D eigenvalue weighted by Gasteiger charge is -2.11. The first-order valence-electron chi connectivity index (χ1n) is 4.68. The van der Waals surface area contributed by atoms with Gasteiger partial charge in [-0.2, -0.15) is 0 Å². The fourth-order valence-electron chi connectivity index (χ4n) is 1.50. The summed E-state index contributed by atoms with van der Waals surface area (Å²) in [5, 5.41) is 10.5. The molecule has 1 atom stereocenters. The standard InChI is InChI=1S/C12H15ClO/c1-4-5-8(2)11-7-10(13)6-9(3)12(11)14/h4-8,14H,1-3H3/b5-4+. The van der Waals surface area contributed by atoms with E-state index in [1.54, 1.807) is 6.07 Å². The maximum atomic E-state index is 9.83. The van der Waals surface area contributed by atoms with E-state index in [0.29, 0.717) is 10.8 Å². The lowest BCUT2D eigenvalue weighted by Crippen LogP contribution is -1.92. The maximum Gasteiger partial charge on any atom is 0.122 e. The van der Waals surface area contributed by atoms with Gasteiger partial charge in [0.05, 0.1) is 0 Å². The number of hydrogen-bond acceptors (Lipinski definition) is 1. The van der Waals surface area contributed by atoms with Crippen molar-refractivity contribution in [1.29, 1.82) is 0 Å². The van der Waals surface area contributed by atoms with Gasteiger partial charge in [-0.15, -0.1) is 0 Å². The van der Waals surface area contributed by atoms with Crippen LogP contribution in [-0.4, -0.2) is 5.11 Å². The summed E-state index contributed by atoms with van der Waals surface area (Å²) in [7, 11) is 0. The predicted molar refractivity (Wildman–Crippen MR) is 61.1 cm³/mol. The lowest BCUT2D eigenvalue weighted by atomic mass is 9.97. The number of halogens is 1. The Balaban J connectivity index is 3.19. The Hall–Kier alpha value is -0.950. The number of aryl methyl sites for hydroxylation is 1. The number of allylic oxidation sites excluding steroid dienone is 2. The second kappa shape index (κ2) is 4.52. The first-order valence-corrected chi connectivity index (χ1v) is 5.06. The van der Waals surface area contributed by atoms with Crippen molar-refractivity contribution in [1.82, 2.24) is 0 Å². The molecule has 2 heteroatoms. The summed E-state index contributed by atoms with van der Waals surface area (Å²) in [5.74, 6) is 0.539. The molecular formula is C12H15ClO. The van der Waals surface area contributed by atoms with Gasteiger partial charge in [0.2, 0.25) is 0 Å². The first kappa shape index (κ1) is 11.1. The van der Waals surface area contributed by atoms with Gasteiger partial charge in [0.25, 0.3) is 0 Å². The molecule has 0 aliphatic carbocycles. The van der Waals surface area contributed by atoms with Gasteiger partial charge >= 0.3 is 0 Å². The van der Waals surface area contributed by atoms with Crippen LogP contribution < -0.4 is 0 Å². The molecule has 1 N–H and O–H groups in total. The molecule has 0 saturated carbocycles. The van der Waals surface area contributed by atoms with Crippen molar-refractivity contribution in [3.8, 4) is 5.75 Å². The second-order valence-electron chi connectivity index (χ2n) is 3.47. The average molecular weight is 211 g/mol. The second-order valence-corrected chi connectivity index (χ2v) is 3.91. The van der Waals surface area contributed by atoms with Gasteiger partial charge in [0, 0.05) is 16.5 Å². The molecule has 0 amide bonds. The molecule has 0 heterocycles. The maximum absolute atomic E-state index is 9.83. The SMILES string of the molecule is C/C=C/C(C)c1cc(Cl)cc(C)c1O. The Kier molecular flexibility index (Phi) is 3.59. The van der Waals surface area contributed by atoms with Crippen molar-refractivity contribution >= 4 is 11.6 Å². The minimum Gasteiger partial charge on any atom is -0.507 e. The highest BCUT2D eigenvalue weighted by Gasteiger charge is 2.10. The summed E-state index contributed by atoms with van der Waals surface area (Å²) in [6.45, 7) is 5.85. The van der Waals surface area contributed by atoms with Gasteiger partial charge in [-0.3, -0.25) is 0 Å². The van der Waals surface area contributed by atoms with Crippen LogP contribution in [0.5, 0.6) is 5.75 Å². The predicted octanol–water partition coefficient (Wildman–Crippen LogP) is 4.03. The molecule has 0 bridgehead atoms. The summed E-state index contributed by atoms with van der Waals surface area (Å²) in [6, 6.07) is 3.58. The van der Waals surface area contributed by atoms with Crippen molar-refractivity contribution in [3.63, 3.8) is 0 Å². The van der Waals surface area contributed by atoms with Crippen LogP contribution in [0.3, 0.4) is 0 Å². The van der Waals surface area contributed by atoms with E-state index in [4.69, 9.17) is 11.6 Å². The molecule has 1 unspecified atom stereocenters. The average Bonchev–Trinajstić information content (AvgIpc) is 2.11. The molecule has 0 spiro atoms. The van der Waals surface area contributed by atoms with Gasteiger partial charge in [-0.05, 0) is 31.5 Å². The molecule has 0 aliphatic rings. The Morgan fingerprint density at radius 3 is 2.64 bits per heavy atom. The molecule has 0 aromatic heterocycles. The number of phenols is 1. The highest BCUT2D eigenvalue weighted by atomic mass is 35.5. The van der Waals surface area contributed by atoms with Gasteiger partial charge < -0.3 is 5.11 Å². The molecular weight excluding hydrogens is 196 g/mol. The number of rotatable bonds is 2. The van der Waals surface area contributed by atoms with Gasteiger partial charge in [0.1, 0.15) is 5.75 Å². The fourth-order valence-corrected chi connectivity index (χ4v) is 1.78. The van der Waals surface area contributed by atoms with Crippen molar-refractivity contribution in [3.05, 3.63) is 40.4 Å². The third-order valence-corrected chi connectivity index (χ3v) is 2.48. The topological polar surface area (TPSA) is 20.2 Å². The van der Waals surface area contributed by atoms with Gasteiger partial charge in [-0.1, -0.05) is 30.7 Å². The highest BCUT2D eigenvalue weighted by molar-refractivity contribution is 6.30. The van der Waals surface area contributed by atoms with Crippen LogP contribution in [0.4, 0.5) is 0 Å². The molecule has 76 valence electrons. The van der Waals surface area contributed by atoms with Crippen LogP contribution in [0.2, 0.25) is 5.02 Å². The molecule has 0 radical (unpaired) electrons. The number of phenolic OH excluding ortho intramolecular Hbond substituents is 1. The zero-order chi connectivity index (χ0) is 10.7. The van der Waals surface area contributed by atoms with Crippen LogP contribution in [-0.2, 0) is 0 Å². The van der Waals surface area contributed by atoms with Crippen LogP contribution in [0.15, 0.2) is 24.3 Å². The lowest BCUT2D eigenvalue weighted by molar-refractivity contribution is 0.462. The molecule has 0 aliphatic heterocycles. The Morgan fingerprint density at radius 1 is 1.43 bits per heavy atom. The van der Waals surface area contributed by atoms with Crippen LogP contribution in [0.1, 0.15) is 30.9 Å². The number of hydrogen-bond donors (Lipinski definition) is 1. The molecule has 1 aromatic rings. The van der Waals surface area contributed by atoms with Crippen LogP contribution >= 0.6 is 11.6 Å². The van der Waals surface area contributed by atoms with E-state index in [2.05, 4.69) is 0 Å². The summed E-state index contributed by atoms with van der Waals surface area (Å²) < 4.78 is 0. The Bertz CT molecular complexity index is 356. The van der Waals surface area contributed by atoms with E-state index in [1.807, 2.05) is 39.0 Å². The van der Waals surface area contributed by atoms with Crippen molar-refractivity contribution in [2.24, 2.45) is 0 Å². The normalized spacial score (nSPS) is 13.4. The zero-order valence-electron chi connectivity index (χ0n) is 8.71. The van der Waals surface area contributed by atoms with E-state index in [0.717, 1.165) is 11.1 Å². The number of benzene rings is 1. The molecule has 0 saturated heterocycles. The quantitative estimate of drug-likeness (QED) is 0.731. The minimum atomic E-state index is 0.192. The highest BCUT2D eigenvalue weighted by Crippen LogP contribution is 2.32. The summed E-state index contributed by atoms with van der Waals surface area (Å²) in [5.41, 5.74) is 1.71. The molecule has 1 nitrogen and oxygen atoms in total. The monoisotopic (exact) mass is 210 g/mol. The van der Waals surface area contributed by atoms with Crippen LogP contribution in [0, 0.1) is 6.92 Å². The van der Waals surface area contributed by atoms with Gasteiger partial charge in [-0.25, -0.2) is 0 Å². The third kappa shape index (κ3) is 2.30. The fraction of sp³-hybridized carbons (Fsp3) is 0.333. The van der Waals surface area contributed by atoms with Crippen molar-refractivity contribution < 1.29 is 5.11 Å². The Morgan fingerprint density at radius 2 is 2.07 bits per heavy atom. The van der Waals surface area contributed by atoms with Gasteiger partial charge in [0.15, 0.2) is 0 Å². The van der Waals surface area contributed by atoms with E-state index in [-0.39, 0.29) is 5.92 Å². The number of aromatic hydroxyl groups is 1. The first-order chi connectivity index (χ1) is 6.56. The largest absolute Gasteiger partial charge is 0.507 e. The van der Waals surface area contributed by atoms with E-state index >= 15 is 0 Å². The summed E-state index contributed by atoms with van der Waals surface area (Å²) in [4.78, 5) is 0. The van der Waals surface area contributed by atoms with E-state index in [1.165, 1.54) is 0 Å². The molecule has 14 heavy (non-hydrogen) atoms. The van der Waals surface area contributed by atoms with Crippen molar-refractivity contribution in [2.45, 2.75) is 26.7 Å². The smallest absolute Gasteiger partial charge is 0.122 e. The summed E-state index contributed by atoms with van der Waals surface area (Å²) in [6.07, 6.45) is 4.01. The van der Waals surface area contributed by atoms with E-state index in [9.17, 15) is 5.11 Å². The van der Waals surface area contributed by atoms with Crippen LogP contribution in [0.25, 0.3) is 0 Å². The Labute approximate surface area is 90.0 Å². The minimum absolute atomic E-state index is 0.192.